The van der Waals surface area contributed by atoms with Gasteiger partial charge in [-0.1, -0.05) is 11.6 Å². The number of anilines is 3. The molecule has 6 nitrogen and oxygen atoms in total. The number of methoxy groups -OCH3 is 1. The fraction of sp³-hybridized carbons (Fsp3) is 0.458. The van der Waals surface area contributed by atoms with Gasteiger partial charge < -0.3 is 24.8 Å². The predicted octanol–water partition coefficient (Wildman–Crippen LogP) is 5.43. The van der Waals surface area contributed by atoms with Crippen molar-refractivity contribution in [2.45, 2.75) is 38.1 Å². The summed E-state index contributed by atoms with van der Waals surface area (Å²) in [6, 6.07) is 10.7. The van der Waals surface area contributed by atoms with Crippen molar-refractivity contribution in [3.63, 3.8) is 0 Å². The molecule has 0 aliphatic carbocycles. The van der Waals surface area contributed by atoms with E-state index in [2.05, 4.69) is 10.2 Å². The lowest BCUT2D eigenvalue weighted by molar-refractivity contribution is -0.137. The minimum atomic E-state index is -1.000. The molecule has 32 heavy (non-hydrogen) atoms. The van der Waals surface area contributed by atoms with E-state index in [-0.39, 0.29) is 19.1 Å². The van der Waals surface area contributed by atoms with Crippen LogP contribution in [0.2, 0.25) is 5.02 Å². The van der Waals surface area contributed by atoms with Gasteiger partial charge in [0.25, 0.3) is 0 Å². The van der Waals surface area contributed by atoms with Gasteiger partial charge in [0, 0.05) is 49.5 Å². The summed E-state index contributed by atoms with van der Waals surface area (Å²) in [5, 5.41) is 13.3. The number of hydrogen-bond donors (Lipinski definition) is 2. The van der Waals surface area contributed by atoms with Crippen molar-refractivity contribution in [1.82, 2.24) is 0 Å². The molecular formula is C24H30ClFN2O4. The first-order chi connectivity index (χ1) is 15.4. The SMILES string of the molecule is CCN(c1cc(F)c([C@H](COC)CC(=O)O)cc1Nc1ccc(Cl)cc1)C1CCOCC1. The summed E-state index contributed by atoms with van der Waals surface area (Å²) in [6.45, 7) is 4.22. The summed E-state index contributed by atoms with van der Waals surface area (Å²) in [7, 11) is 1.48. The van der Waals surface area contributed by atoms with Crippen molar-refractivity contribution in [2.75, 3.05) is 43.7 Å². The van der Waals surface area contributed by atoms with Gasteiger partial charge >= 0.3 is 5.97 Å². The van der Waals surface area contributed by atoms with Crippen LogP contribution in [0.15, 0.2) is 36.4 Å². The van der Waals surface area contributed by atoms with E-state index in [1.54, 1.807) is 18.2 Å². The highest BCUT2D eigenvalue weighted by atomic mass is 35.5. The molecule has 2 aromatic carbocycles. The Hall–Kier alpha value is -2.35. The molecule has 1 heterocycles. The number of ether oxygens (including phenoxy) is 2. The normalized spacial score (nSPS) is 15.4. The lowest BCUT2D eigenvalue weighted by Gasteiger charge is -2.37. The Morgan fingerprint density at radius 1 is 1.31 bits per heavy atom. The molecule has 0 aromatic heterocycles. The van der Waals surface area contributed by atoms with Crippen molar-refractivity contribution in [2.24, 2.45) is 0 Å². The molecule has 0 bridgehead atoms. The van der Waals surface area contributed by atoms with Crippen LogP contribution in [0.5, 0.6) is 0 Å². The quantitative estimate of drug-likeness (QED) is 0.488. The number of carboxylic acids is 1. The highest BCUT2D eigenvalue weighted by Gasteiger charge is 2.26. The Labute approximate surface area is 193 Å². The lowest BCUT2D eigenvalue weighted by Crippen LogP contribution is -2.39. The maximum Gasteiger partial charge on any atom is 0.304 e. The van der Waals surface area contributed by atoms with Crippen molar-refractivity contribution < 1.29 is 23.8 Å². The Balaban J connectivity index is 2.06. The molecule has 1 atom stereocenters. The maximum absolute atomic E-state index is 15.4. The van der Waals surface area contributed by atoms with Gasteiger partial charge in [-0.2, -0.15) is 0 Å². The number of rotatable bonds is 10. The van der Waals surface area contributed by atoms with Crippen LogP contribution in [-0.4, -0.2) is 50.6 Å². The van der Waals surface area contributed by atoms with Crippen LogP contribution in [-0.2, 0) is 14.3 Å². The number of nitrogens with zero attached hydrogens (tertiary/aromatic N) is 1. The van der Waals surface area contributed by atoms with E-state index in [0.717, 1.165) is 24.2 Å². The Morgan fingerprint density at radius 3 is 2.59 bits per heavy atom. The zero-order valence-electron chi connectivity index (χ0n) is 18.4. The van der Waals surface area contributed by atoms with Gasteiger partial charge in [-0.3, -0.25) is 4.79 Å². The second kappa shape index (κ2) is 11.5. The smallest absolute Gasteiger partial charge is 0.304 e. The summed E-state index contributed by atoms with van der Waals surface area (Å²) in [5.74, 6) is -2.04. The molecule has 0 spiro atoms. The summed E-state index contributed by atoms with van der Waals surface area (Å²) in [4.78, 5) is 13.6. The minimum Gasteiger partial charge on any atom is -0.481 e. The van der Waals surface area contributed by atoms with Crippen LogP contribution in [0.1, 0.15) is 37.7 Å². The molecule has 3 rings (SSSR count). The van der Waals surface area contributed by atoms with E-state index in [9.17, 15) is 9.90 Å². The topological polar surface area (TPSA) is 71.0 Å². The largest absolute Gasteiger partial charge is 0.481 e. The van der Waals surface area contributed by atoms with E-state index in [0.29, 0.717) is 36.0 Å². The standard InChI is InChI=1S/C24H30ClFN2O4/c1-3-28(19-8-10-32-11-9-19)23-14-21(26)20(16(15-31-2)12-24(29)30)13-22(23)27-18-6-4-17(25)5-7-18/h4-7,13-14,16,19,27H,3,8-12,15H2,1-2H3,(H,29,30)/t16-/m0/s1. The van der Waals surface area contributed by atoms with E-state index in [4.69, 9.17) is 21.1 Å². The number of benzene rings is 2. The third-order valence-corrected chi connectivity index (χ3v) is 6.00. The molecule has 1 fully saturated rings. The van der Waals surface area contributed by atoms with Crippen LogP contribution >= 0.6 is 11.6 Å². The molecule has 174 valence electrons. The van der Waals surface area contributed by atoms with Crippen LogP contribution in [0.4, 0.5) is 21.5 Å². The number of carboxylic acid groups (broad SMARTS) is 1. The first kappa shape index (κ1) is 24.3. The number of halogens is 2. The van der Waals surface area contributed by atoms with Gasteiger partial charge in [0.05, 0.1) is 24.4 Å². The molecule has 2 aromatic rings. The molecule has 2 N–H and O–H groups in total. The first-order valence-corrected chi connectivity index (χ1v) is 11.2. The third kappa shape index (κ3) is 6.12. The zero-order valence-corrected chi connectivity index (χ0v) is 19.2. The number of carbonyl (C=O) groups is 1. The molecule has 1 saturated heterocycles. The molecule has 0 unspecified atom stereocenters. The molecule has 0 saturated carbocycles. The van der Waals surface area contributed by atoms with E-state index in [1.165, 1.54) is 13.2 Å². The summed E-state index contributed by atoms with van der Waals surface area (Å²) >= 11 is 6.02. The van der Waals surface area contributed by atoms with Crippen molar-refractivity contribution >= 4 is 34.6 Å². The highest BCUT2D eigenvalue weighted by Crippen LogP contribution is 2.37. The molecule has 1 aliphatic heterocycles. The summed E-state index contributed by atoms with van der Waals surface area (Å²) in [6.07, 6.45) is 1.51. The van der Waals surface area contributed by atoms with Crippen LogP contribution in [0.3, 0.4) is 0 Å². The van der Waals surface area contributed by atoms with E-state index in [1.807, 2.05) is 19.1 Å². The summed E-state index contributed by atoms with van der Waals surface area (Å²) in [5.41, 5.74) is 2.57. The predicted molar refractivity (Wildman–Crippen MR) is 125 cm³/mol. The van der Waals surface area contributed by atoms with Gasteiger partial charge in [-0.25, -0.2) is 4.39 Å². The first-order valence-electron chi connectivity index (χ1n) is 10.8. The molecular weight excluding hydrogens is 435 g/mol. The van der Waals surface area contributed by atoms with Gasteiger partial charge in [-0.15, -0.1) is 0 Å². The number of nitrogens with one attached hydrogen (secondary N) is 1. The monoisotopic (exact) mass is 464 g/mol. The molecule has 8 heteroatoms. The average Bonchev–Trinajstić information content (AvgIpc) is 2.77. The van der Waals surface area contributed by atoms with Crippen LogP contribution < -0.4 is 10.2 Å². The fourth-order valence-electron chi connectivity index (χ4n) is 4.21. The van der Waals surface area contributed by atoms with E-state index < -0.39 is 17.7 Å². The van der Waals surface area contributed by atoms with Crippen molar-refractivity contribution in [3.8, 4) is 0 Å². The number of hydrogen-bond acceptors (Lipinski definition) is 5. The van der Waals surface area contributed by atoms with Gasteiger partial charge in [0.1, 0.15) is 5.82 Å². The van der Waals surface area contributed by atoms with E-state index >= 15 is 4.39 Å². The van der Waals surface area contributed by atoms with Gasteiger partial charge in [0.15, 0.2) is 0 Å². The zero-order chi connectivity index (χ0) is 23.1. The summed E-state index contributed by atoms with van der Waals surface area (Å²) < 4.78 is 26.1. The average molecular weight is 465 g/mol. The molecule has 0 amide bonds. The van der Waals surface area contributed by atoms with Crippen LogP contribution in [0, 0.1) is 5.82 Å². The third-order valence-electron chi connectivity index (χ3n) is 5.75. The fourth-order valence-corrected chi connectivity index (χ4v) is 4.34. The van der Waals surface area contributed by atoms with Crippen LogP contribution in [0.25, 0.3) is 0 Å². The van der Waals surface area contributed by atoms with Gasteiger partial charge in [-0.05, 0) is 61.7 Å². The second-order valence-corrected chi connectivity index (χ2v) is 8.34. The highest BCUT2D eigenvalue weighted by molar-refractivity contribution is 6.30. The minimum absolute atomic E-state index is 0.112. The number of aliphatic carboxylic acids is 1. The van der Waals surface area contributed by atoms with Crippen molar-refractivity contribution in [3.05, 3.63) is 52.8 Å². The van der Waals surface area contributed by atoms with Crippen molar-refractivity contribution in [1.29, 1.82) is 0 Å². The molecule has 1 aliphatic rings. The second-order valence-electron chi connectivity index (χ2n) is 7.90. The Morgan fingerprint density at radius 2 is 2.00 bits per heavy atom. The Kier molecular flexibility index (Phi) is 8.73. The molecule has 0 radical (unpaired) electrons. The van der Waals surface area contributed by atoms with Gasteiger partial charge in [0.2, 0.25) is 0 Å². The maximum atomic E-state index is 15.4. The lowest BCUT2D eigenvalue weighted by atomic mass is 9.94. The Bertz CT molecular complexity index is 904.